The molecule has 0 fully saturated rings. The van der Waals surface area contributed by atoms with Gasteiger partial charge in [0.25, 0.3) is 0 Å². The van der Waals surface area contributed by atoms with Crippen molar-refractivity contribution in [3.8, 4) is 0 Å². The third-order valence-corrected chi connectivity index (χ3v) is 3.25. The van der Waals surface area contributed by atoms with Crippen molar-refractivity contribution < 1.29 is 23.0 Å². The van der Waals surface area contributed by atoms with E-state index in [0.29, 0.717) is 11.6 Å². The monoisotopic (exact) mass is 344 g/mol. The molecule has 0 atom stereocenters. The summed E-state index contributed by atoms with van der Waals surface area (Å²) in [5.74, 6) is -5.44. The Kier molecular flexibility index (Phi) is 4.70. The number of aliphatic imine (C=N–C) groups is 1. The minimum Gasteiger partial charge on any atom is -0.461 e. The number of nitrogens with zero attached hydrogens (tertiary/aromatic N) is 2. The van der Waals surface area contributed by atoms with Crippen LogP contribution >= 0.6 is 11.6 Å². The zero-order valence-corrected chi connectivity index (χ0v) is 13.5. The van der Waals surface area contributed by atoms with Crippen LogP contribution in [0.1, 0.15) is 26.3 Å². The Hall–Kier alpha value is -2.02. The zero-order valence-electron chi connectivity index (χ0n) is 12.8. The number of esters is 1. The summed E-state index contributed by atoms with van der Waals surface area (Å²) in [6.45, 7) is 4.50. The SMILES string of the molecule is CCOC(=O)C(F)(F)/C=C1\OC(c2ccc(Cl)nc2)=NC1(C)C. The minimum absolute atomic E-state index is 0.130. The molecule has 0 radical (unpaired) electrons. The second-order valence-electron chi connectivity index (χ2n) is 5.30. The highest BCUT2D eigenvalue weighted by molar-refractivity contribution is 6.29. The first kappa shape index (κ1) is 17.3. The lowest BCUT2D eigenvalue weighted by molar-refractivity contribution is -0.164. The number of carbonyl (C=O) groups excluding carboxylic acids is 1. The lowest BCUT2D eigenvalue weighted by atomic mass is 10.0. The molecule has 0 saturated carbocycles. The van der Waals surface area contributed by atoms with Gasteiger partial charge >= 0.3 is 11.9 Å². The molecule has 1 aliphatic rings. The van der Waals surface area contributed by atoms with Gasteiger partial charge in [0, 0.05) is 12.3 Å². The molecule has 1 aromatic rings. The molecule has 0 unspecified atom stereocenters. The summed E-state index contributed by atoms with van der Waals surface area (Å²) in [4.78, 5) is 19.5. The normalized spacial score (nSPS) is 18.5. The van der Waals surface area contributed by atoms with E-state index in [4.69, 9.17) is 16.3 Å². The number of rotatable bonds is 4. The molecule has 0 bridgehead atoms. The number of carbonyl (C=O) groups is 1. The maximum Gasteiger partial charge on any atom is 0.381 e. The van der Waals surface area contributed by atoms with Crippen molar-refractivity contribution in [2.45, 2.75) is 32.2 Å². The minimum atomic E-state index is -3.80. The van der Waals surface area contributed by atoms with Gasteiger partial charge in [-0.3, -0.25) is 0 Å². The van der Waals surface area contributed by atoms with Gasteiger partial charge in [0.15, 0.2) is 0 Å². The van der Waals surface area contributed by atoms with Gasteiger partial charge in [-0.25, -0.2) is 14.8 Å². The van der Waals surface area contributed by atoms with Crippen LogP contribution in [-0.4, -0.2) is 34.9 Å². The number of alkyl halides is 2. The van der Waals surface area contributed by atoms with Crippen molar-refractivity contribution in [1.29, 1.82) is 0 Å². The van der Waals surface area contributed by atoms with E-state index in [1.807, 2.05) is 0 Å². The molecule has 23 heavy (non-hydrogen) atoms. The van der Waals surface area contributed by atoms with E-state index in [1.165, 1.54) is 19.2 Å². The molecule has 0 saturated heterocycles. The molecule has 0 spiro atoms. The second kappa shape index (κ2) is 6.23. The molecule has 0 aromatic carbocycles. The second-order valence-corrected chi connectivity index (χ2v) is 5.69. The molecular formula is C15H15ClF2N2O3. The molecule has 124 valence electrons. The molecule has 1 aromatic heterocycles. The maximum absolute atomic E-state index is 13.9. The van der Waals surface area contributed by atoms with E-state index in [-0.39, 0.29) is 23.4 Å². The number of hydrogen-bond donors (Lipinski definition) is 0. The van der Waals surface area contributed by atoms with Crippen LogP contribution in [0.2, 0.25) is 5.15 Å². The van der Waals surface area contributed by atoms with Crippen molar-refractivity contribution in [3.05, 3.63) is 40.9 Å². The summed E-state index contributed by atoms with van der Waals surface area (Å²) in [7, 11) is 0. The van der Waals surface area contributed by atoms with E-state index < -0.39 is 17.4 Å². The number of ether oxygens (including phenoxy) is 2. The summed E-state index contributed by atoms with van der Waals surface area (Å²) >= 11 is 5.70. The molecule has 0 amide bonds. The first-order valence-corrected chi connectivity index (χ1v) is 7.21. The van der Waals surface area contributed by atoms with E-state index in [1.54, 1.807) is 19.9 Å². The van der Waals surface area contributed by atoms with Crippen LogP contribution in [0.3, 0.4) is 0 Å². The average Bonchev–Trinajstić information content (AvgIpc) is 2.74. The number of hydrogen-bond acceptors (Lipinski definition) is 5. The first-order valence-electron chi connectivity index (χ1n) is 6.83. The predicted molar refractivity (Wildman–Crippen MR) is 80.6 cm³/mol. The average molecular weight is 345 g/mol. The molecule has 2 heterocycles. The fraction of sp³-hybridized carbons (Fsp3) is 0.400. The topological polar surface area (TPSA) is 60.8 Å². The maximum atomic E-state index is 13.9. The van der Waals surface area contributed by atoms with E-state index in [2.05, 4.69) is 14.7 Å². The van der Waals surface area contributed by atoms with Crippen molar-refractivity contribution in [2.24, 2.45) is 4.99 Å². The molecular weight excluding hydrogens is 330 g/mol. The lowest BCUT2D eigenvalue weighted by Gasteiger charge is -2.17. The van der Waals surface area contributed by atoms with E-state index in [0.717, 1.165) is 0 Å². The third-order valence-electron chi connectivity index (χ3n) is 3.02. The molecule has 5 nitrogen and oxygen atoms in total. The van der Waals surface area contributed by atoms with Crippen molar-refractivity contribution in [3.63, 3.8) is 0 Å². The highest BCUT2D eigenvalue weighted by atomic mass is 35.5. The first-order chi connectivity index (χ1) is 10.7. The van der Waals surface area contributed by atoms with Gasteiger partial charge in [-0.1, -0.05) is 11.6 Å². The van der Waals surface area contributed by atoms with Crippen molar-refractivity contribution in [1.82, 2.24) is 4.98 Å². The fourth-order valence-corrected chi connectivity index (χ4v) is 1.96. The highest BCUT2D eigenvalue weighted by Crippen LogP contribution is 2.34. The summed E-state index contributed by atoms with van der Waals surface area (Å²) in [5, 5.41) is 0.288. The Bertz CT molecular complexity index is 670. The van der Waals surface area contributed by atoms with Crippen LogP contribution < -0.4 is 0 Å². The van der Waals surface area contributed by atoms with Crippen LogP contribution in [0.4, 0.5) is 8.78 Å². The molecule has 0 aliphatic carbocycles. The van der Waals surface area contributed by atoms with Gasteiger partial charge < -0.3 is 9.47 Å². The Morgan fingerprint density at radius 2 is 2.17 bits per heavy atom. The van der Waals surface area contributed by atoms with Crippen LogP contribution in [0.25, 0.3) is 0 Å². The van der Waals surface area contributed by atoms with E-state index in [9.17, 15) is 13.6 Å². The number of halogens is 3. The smallest absolute Gasteiger partial charge is 0.381 e. The van der Waals surface area contributed by atoms with Crippen LogP contribution in [0, 0.1) is 0 Å². The van der Waals surface area contributed by atoms with E-state index >= 15 is 0 Å². The molecule has 8 heteroatoms. The summed E-state index contributed by atoms with van der Waals surface area (Å²) < 4.78 is 37.5. The van der Waals surface area contributed by atoms with Gasteiger partial charge in [-0.2, -0.15) is 8.78 Å². The van der Waals surface area contributed by atoms with Gasteiger partial charge in [-0.05, 0) is 32.9 Å². The summed E-state index contributed by atoms with van der Waals surface area (Å²) in [6.07, 6.45) is 1.86. The largest absolute Gasteiger partial charge is 0.461 e. The van der Waals surface area contributed by atoms with Gasteiger partial charge in [0.05, 0.1) is 12.2 Å². The van der Waals surface area contributed by atoms with Crippen molar-refractivity contribution >= 4 is 23.5 Å². The Morgan fingerprint density at radius 1 is 1.48 bits per heavy atom. The van der Waals surface area contributed by atoms with Crippen LogP contribution in [0.15, 0.2) is 35.2 Å². The molecule has 1 aliphatic heterocycles. The number of pyridine rings is 1. The fourth-order valence-electron chi connectivity index (χ4n) is 1.84. The van der Waals surface area contributed by atoms with Gasteiger partial charge in [0.1, 0.15) is 16.5 Å². The molecule has 2 rings (SSSR count). The van der Waals surface area contributed by atoms with Gasteiger partial charge in [0.2, 0.25) is 5.90 Å². The highest BCUT2D eigenvalue weighted by Gasteiger charge is 2.43. The predicted octanol–water partition coefficient (Wildman–Crippen LogP) is 3.37. The third kappa shape index (κ3) is 3.85. The van der Waals surface area contributed by atoms with Crippen molar-refractivity contribution in [2.75, 3.05) is 6.61 Å². The number of aromatic nitrogens is 1. The van der Waals surface area contributed by atoms with Crippen LogP contribution in [0.5, 0.6) is 0 Å². The quantitative estimate of drug-likeness (QED) is 0.620. The Labute approximate surface area is 137 Å². The summed E-state index contributed by atoms with van der Waals surface area (Å²) in [5.41, 5.74) is -0.560. The Morgan fingerprint density at radius 3 is 2.74 bits per heavy atom. The molecule has 0 N–H and O–H groups in total. The van der Waals surface area contributed by atoms with Crippen LogP contribution in [-0.2, 0) is 14.3 Å². The lowest BCUT2D eigenvalue weighted by Crippen LogP contribution is -2.31. The summed E-state index contributed by atoms with van der Waals surface area (Å²) in [6, 6.07) is 3.14. The standard InChI is InChI=1S/C15H15ClF2N2O3/c1-4-22-13(21)15(17,18)7-10-14(2,3)20-12(23-10)9-5-6-11(16)19-8-9/h5-8H,4H2,1-3H3/b10-7-. The zero-order chi connectivity index (χ0) is 17.3. The van der Waals surface area contributed by atoms with Gasteiger partial charge in [-0.15, -0.1) is 0 Å². The Balaban J connectivity index is 2.28.